The topological polar surface area (TPSA) is 17.8 Å². The highest BCUT2D eigenvalue weighted by Crippen LogP contribution is 2.67. The zero-order chi connectivity index (χ0) is 9.97. The third-order valence-electron chi connectivity index (χ3n) is 3.69. The highest BCUT2D eigenvalue weighted by Gasteiger charge is 2.70. The highest BCUT2D eigenvalue weighted by atomic mass is 19.1. The molecule has 0 saturated heterocycles. The van der Waals surface area contributed by atoms with Gasteiger partial charge in [0.05, 0.1) is 11.7 Å². The molecule has 0 amide bonds. The smallest absolute Gasteiger partial charge is 0.118 e. The third kappa shape index (κ3) is 0.877. The average Bonchev–Trinajstić information content (AvgIpc) is 2.44. The first-order valence-electron chi connectivity index (χ1n) is 5.27. The van der Waals surface area contributed by atoms with Crippen LogP contribution in [0.25, 0.3) is 0 Å². The highest BCUT2D eigenvalue weighted by molar-refractivity contribution is 5.24. The van der Waals surface area contributed by atoms with Gasteiger partial charge in [-0.05, 0) is 11.5 Å². The fraction of sp³-hybridized carbons (Fsp3) is 0.727. The molecule has 4 rings (SSSR count). The molecule has 3 saturated carbocycles. The van der Waals surface area contributed by atoms with E-state index in [4.69, 9.17) is 0 Å². The van der Waals surface area contributed by atoms with Crippen molar-refractivity contribution in [2.24, 2.45) is 0 Å². The van der Waals surface area contributed by atoms with E-state index in [1.807, 2.05) is 10.9 Å². The van der Waals surface area contributed by atoms with Crippen molar-refractivity contribution in [3.63, 3.8) is 0 Å². The second-order valence-electron chi connectivity index (χ2n) is 5.28. The van der Waals surface area contributed by atoms with E-state index in [0.717, 1.165) is 0 Å². The minimum absolute atomic E-state index is 0.0574. The Morgan fingerprint density at radius 2 is 2.07 bits per heavy atom. The van der Waals surface area contributed by atoms with E-state index in [1.54, 1.807) is 0 Å². The maximum atomic E-state index is 13.3. The lowest BCUT2D eigenvalue weighted by molar-refractivity contribution is -0.203. The predicted octanol–water partition coefficient (Wildman–Crippen LogP) is 2.61. The van der Waals surface area contributed by atoms with Crippen molar-refractivity contribution in [3.05, 3.63) is 18.0 Å². The quantitative estimate of drug-likeness (QED) is 0.707. The van der Waals surface area contributed by atoms with Crippen molar-refractivity contribution < 1.29 is 4.39 Å². The Morgan fingerprint density at radius 1 is 1.43 bits per heavy atom. The van der Waals surface area contributed by atoms with Crippen LogP contribution in [0.15, 0.2) is 12.4 Å². The molecule has 14 heavy (non-hydrogen) atoms. The second-order valence-corrected chi connectivity index (χ2v) is 5.28. The molecule has 0 aromatic carbocycles. The van der Waals surface area contributed by atoms with Crippen LogP contribution >= 0.6 is 0 Å². The van der Waals surface area contributed by atoms with E-state index in [0.29, 0.717) is 25.2 Å². The maximum absolute atomic E-state index is 13.3. The van der Waals surface area contributed by atoms with Gasteiger partial charge in [-0.1, -0.05) is 13.8 Å². The molecule has 0 radical (unpaired) electrons. The summed E-state index contributed by atoms with van der Waals surface area (Å²) in [5, 5.41) is 4.35. The van der Waals surface area contributed by atoms with Gasteiger partial charge in [-0.2, -0.15) is 5.10 Å². The monoisotopic (exact) mass is 194 g/mol. The summed E-state index contributed by atoms with van der Waals surface area (Å²) in [4.78, 5) is 0. The summed E-state index contributed by atoms with van der Waals surface area (Å²) in [6.45, 7) is 4.31. The Morgan fingerprint density at radius 3 is 2.50 bits per heavy atom. The summed E-state index contributed by atoms with van der Waals surface area (Å²) in [6.07, 6.45) is 6.04. The molecule has 1 heterocycles. The zero-order valence-corrected chi connectivity index (χ0v) is 8.63. The maximum Gasteiger partial charge on any atom is 0.118 e. The Bertz CT molecular complexity index is 361. The van der Waals surface area contributed by atoms with Crippen molar-refractivity contribution in [2.75, 3.05) is 0 Å². The van der Waals surface area contributed by atoms with Crippen LogP contribution in [0.5, 0.6) is 0 Å². The normalized spacial score (nSPS) is 39.4. The summed E-state index contributed by atoms with van der Waals surface area (Å²) in [5.41, 5.74) is 0.480. The van der Waals surface area contributed by atoms with Crippen LogP contribution in [0.1, 0.15) is 44.6 Å². The fourth-order valence-electron chi connectivity index (χ4n) is 2.75. The molecular weight excluding hydrogens is 179 g/mol. The molecule has 2 bridgehead atoms. The molecule has 2 nitrogen and oxygen atoms in total. The Hall–Kier alpha value is -0.860. The lowest BCUT2D eigenvalue weighted by atomic mass is 9.47. The molecule has 3 aliphatic rings. The number of halogens is 1. The van der Waals surface area contributed by atoms with E-state index in [-0.39, 0.29) is 5.54 Å². The van der Waals surface area contributed by atoms with Crippen molar-refractivity contribution >= 4 is 0 Å². The molecule has 0 aliphatic heterocycles. The Labute approximate surface area is 83.1 Å². The standard InChI is InChI=1S/C11H15FN2/c1-8(2)9-3-13-14(4-9)11-5-10(12,6-11)7-11/h3-4,8H,5-7H2,1-2H3. The molecule has 0 N–H and O–H groups in total. The van der Waals surface area contributed by atoms with Gasteiger partial charge in [-0.3, -0.25) is 4.68 Å². The van der Waals surface area contributed by atoms with Crippen LogP contribution < -0.4 is 0 Å². The first-order chi connectivity index (χ1) is 6.53. The molecule has 0 atom stereocenters. The van der Waals surface area contributed by atoms with Crippen molar-refractivity contribution in [1.29, 1.82) is 0 Å². The van der Waals surface area contributed by atoms with Crippen LogP contribution in [0.2, 0.25) is 0 Å². The number of hydrogen-bond acceptors (Lipinski definition) is 1. The van der Waals surface area contributed by atoms with Gasteiger partial charge in [0.15, 0.2) is 0 Å². The van der Waals surface area contributed by atoms with E-state index in [1.165, 1.54) is 5.56 Å². The molecule has 1 aromatic heterocycles. The van der Waals surface area contributed by atoms with Gasteiger partial charge in [-0.25, -0.2) is 4.39 Å². The number of alkyl halides is 1. The van der Waals surface area contributed by atoms with Gasteiger partial charge in [-0.15, -0.1) is 0 Å². The molecule has 3 fully saturated rings. The minimum Gasteiger partial charge on any atom is -0.266 e. The predicted molar refractivity (Wildman–Crippen MR) is 52.0 cm³/mol. The third-order valence-corrected chi connectivity index (χ3v) is 3.69. The lowest BCUT2D eigenvalue weighted by Gasteiger charge is -2.65. The molecular formula is C11H15FN2. The van der Waals surface area contributed by atoms with E-state index in [2.05, 4.69) is 25.1 Å². The van der Waals surface area contributed by atoms with Crippen LogP contribution in [-0.4, -0.2) is 15.4 Å². The van der Waals surface area contributed by atoms with E-state index < -0.39 is 5.67 Å². The second kappa shape index (κ2) is 2.20. The SMILES string of the molecule is CC(C)c1cnn(C23CC(F)(C2)C3)c1. The lowest BCUT2D eigenvalue weighted by Crippen LogP contribution is -2.70. The van der Waals surface area contributed by atoms with Gasteiger partial charge < -0.3 is 0 Å². The zero-order valence-electron chi connectivity index (χ0n) is 8.63. The number of hydrogen-bond donors (Lipinski definition) is 0. The average molecular weight is 194 g/mol. The van der Waals surface area contributed by atoms with Gasteiger partial charge in [0.25, 0.3) is 0 Å². The summed E-state index contributed by atoms with van der Waals surface area (Å²) in [5.74, 6) is 0.510. The molecule has 3 aliphatic carbocycles. The van der Waals surface area contributed by atoms with Gasteiger partial charge in [0, 0.05) is 25.5 Å². The molecule has 3 heteroatoms. The van der Waals surface area contributed by atoms with Crippen LogP contribution in [0.4, 0.5) is 4.39 Å². The van der Waals surface area contributed by atoms with Crippen molar-refractivity contribution in [3.8, 4) is 0 Å². The fourth-order valence-corrected chi connectivity index (χ4v) is 2.75. The van der Waals surface area contributed by atoms with Crippen molar-refractivity contribution in [1.82, 2.24) is 9.78 Å². The summed E-state index contributed by atoms with van der Waals surface area (Å²) in [6, 6.07) is 0. The Kier molecular flexibility index (Phi) is 1.33. The molecule has 1 aromatic rings. The molecule has 76 valence electrons. The van der Waals surface area contributed by atoms with Crippen molar-refractivity contribution in [2.45, 2.75) is 50.2 Å². The summed E-state index contributed by atoms with van der Waals surface area (Å²) in [7, 11) is 0. The number of aromatic nitrogens is 2. The van der Waals surface area contributed by atoms with E-state index in [9.17, 15) is 4.39 Å². The minimum atomic E-state index is -0.829. The van der Waals surface area contributed by atoms with Crippen LogP contribution in [0, 0.1) is 0 Å². The van der Waals surface area contributed by atoms with Crippen LogP contribution in [0.3, 0.4) is 0 Å². The molecule has 0 spiro atoms. The van der Waals surface area contributed by atoms with Crippen LogP contribution in [-0.2, 0) is 5.54 Å². The first kappa shape index (κ1) is 8.45. The van der Waals surface area contributed by atoms with Gasteiger partial charge in [0.1, 0.15) is 5.67 Å². The Balaban J connectivity index is 1.85. The first-order valence-corrected chi connectivity index (χ1v) is 5.27. The number of rotatable bonds is 2. The van der Waals surface area contributed by atoms with Gasteiger partial charge >= 0.3 is 0 Å². The largest absolute Gasteiger partial charge is 0.266 e. The summed E-state index contributed by atoms with van der Waals surface area (Å²) < 4.78 is 15.3. The molecule has 0 unspecified atom stereocenters. The van der Waals surface area contributed by atoms with E-state index >= 15 is 0 Å². The van der Waals surface area contributed by atoms with Gasteiger partial charge in [0.2, 0.25) is 0 Å². The summed E-state index contributed by atoms with van der Waals surface area (Å²) >= 11 is 0. The number of nitrogens with zero attached hydrogens (tertiary/aromatic N) is 2.